The highest BCUT2D eigenvalue weighted by Crippen LogP contribution is 2.20. The first-order valence-electron chi connectivity index (χ1n) is 8.59. The highest BCUT2D eigenvalue weighted by molar-refractivity contribution is 9.10. The first-order valence-corrected chi connectivity index (χ1v) is 9.38. The molecule has 1 heterocycles. The van der Waals surface area contributed by atoms with Crippen LogP contribution in [0, 0.1) is 5.82 Å². The maximum absolute atomic E-state index is 13.3. The van der Waals surface area contributed by atoms with Crippen molar-refractivity contribution in [2.24, 2.45) is 0 Å². The van der Waals surface area contributed by atoms with Crippen molar-refractivity contribution in [1.29, 1.82) is 0 Å². The standard InChI is InChI=1S/C20H16BrFN4O3/c21-17-7-2-13(22)12-16(17)19(28)23-11-8-18(27)26-14-3-5-15(6-4-14)29-20-24-9-1-10-25-20/h1-7,9-10,12H,8,11H2,(H,23,28)(H,26,27). The highest BCUT2D eigenvalue weighted by Gasteiger charge is 2.11. The topological polar surface area (TPSA) is 93.2 Å². The Labute approximate surface area is 174 Å². The Kier molecular flexibility index (Phi) is 6.85. The normalized spacial score (nSPS) is 10.3. The summed E-state index contributed by atoms with van der Waals surface area (Å²) < 4.78 is 19.2. The van der Waals surface area contributed by atoms with E-state index in [0.29, 0.717) is 15.9 Å². The van der Waals surface area contributed by atoms with Gasteiger partial charge in [0, 0.05) is 35.5 Å². The number of anilines is 1. The third-order valence-electron chi connectivity index (χ3n) is 3.70. The van der Waals surface area contributed by atoms with Crippen molar-refractivity contribution in [2.45, 2.75) is 6.42 Å². The van der Waals surface area contributed by atoms with Gasteiger partial charge in [0.25, 0.3) is 5.91 Å². The number of nitrogens with zero attached hydrogens (tertiary/aromatic N) is 2. The summed E-state index contributed by atoms with van der Waals surface area (Å²) in [6.07, 6.45) is 3.21. The smallest absolute Gasteiger partial charge is 0.321 e. The molecule has 0 spiro atoms. The molecular formula is C20H16BrFN4O3. The van der Waals surface area contributed by atoms with E-state index in [1.165, 1.54) is 12.1 Å². The molecule has 2 aromatic carbocycles. The molecule has 1 aromatic heterocycles. The zero-order chi connectivity index (χ0) is 20.6. The van der Waals surface area contributed by atoms with Gasteiger partial charge >= 0.3 is 6.01 Å². The predicted octanol–water partition coefficient (Wildman–Crippen LogP) is 3.93. The van der Waals surface area contributed by atoms with Gasteiger partial charge in [-0.1, -0.05) is 0 Å². The van der Waals surface area contributed by atoms with Gasteiger partial charge < -0.3 is 15.4 Å². The van der Waals surface area contributed by atoms with Gasteiger partial charge in [-0.05, 0) is 64.5 Å². The Morgan fingerprint density at radius 2 is 1.79 bits per heavy atom. The molecule has 9 heteroatoms. The van der Waals surface area contributed by atoms with E-state index < -0.39 is 11.7 Å². The van der Waals surface area contributed by atoms with Gasteiger partial charge in [-0.2, -0.15) is 0 Å². The molecule has 0 aliphatic rings. The van der Waals surface area contributed by atoms with Gasteiger partial charge in [0.2, 0.25) is 5.91 Å². The maximum atomic E-state index is 13.3. The molecule has 2 amide bonds. The molecule has 0 aliphatic heterocycles. The SMILES string of the molecule is O=C(CCNC(=O)c1cc(F)ccc1Br)Nc1ccc(Oc2ncccn2)cc1. The summed E-state index contributed by atoms with van der Waals surface area (Å²) in [6.45, 7) is 0.111. The third-order valence-corrected chi connectivity index (χ3v) is 4.39. The van der Waals surface area contributed by atoms with E-state index in [2.05, 4.69) is 36.5 Å². The molecular weight excluding hydrogens is 443 g/mol. The van der Waals surface area contributed by atoms with E-state index >= 15 is 0 Å². The number of benzene rings is 2. The molecule has 7 nitrogen and oxygen atoms in total. The molecule has 0 atom stereocenters. The second-order valence-electron chi connectivity index (χ2n) is 5.84. The van der Waals surface area contributed by atoms with Gasteiger partial charge in [0.15, 0.2) is 0 Å². The van der Waals surface area contributed by atoms with E-state index in [0.717, 1.165) is 6.07 Å². The van der Waals surface area contributed by atoms with Crippen molar-refractivity contribution in [1.82, 2.24) is 15.3 Å². The van der Waals surface area contributed by atoms with E-state index in [1.807, 2.05) is 0 Å². The fourth-order valence-electron chi connectivity index (χ4n) is 2.33. The van der Waals surface area contributed by atoms with Crippen LogP contribution in [0.2, 0.25) is 0 Å². The molecule has 0 saturated heterocycles. The van der Waals surface area contributed by atoms with Gasteiger partial charge in [0.05, 0.1) is 5.56 Å². The van der Waals surface area contributed by atoms with Crippen molar-refractivity contribution in [3.8, 4) is 11.8 Å². The first kappa shape index (κ1) is 20.4. The number of aromatic nitrogens is 2. The first-order chi connectivity index (χ1) is 14.0. The summed E-state index contributed by atoms with van der Waals surface area (Å²) >= 11 is 3.20. The third kappa shape index (κ3) is 6.08. The Morgan fingerprint density at radius 1 is 1.07 bits per heavy atom. The summed E-state index contributed by atoms with van der Waals surface area (Å²) in [6, 6.07) is 12.5. The molecule has 148 valence electrons. The predicted molar refractivity (Wildman–Crippen MR) is 108 cm³/mol. The monoisotopic (exact) mass is 458 g/mol. The van der Waals surface area contributed by atoms with E-state index in [-0.39, 0.29) is 30.4 Å². The molecule has 29 heavy (non-hydrogen) atoms. The number of rotatable bonds is 7. The zero-order valence-corrected chi connectivity index (χ0v) is 16.6. The van der Waals surface area contributed by atoms with Crippen molar-refractivity contribution in [3.63, 3.8) is 0 Å². The number of halogens is 2. The lowest BCUT2D eigenvalue weighted by Crippen LogP contribution is -2.28. The largest absolute Gasteiger partial charge is 0.424 e. The molecule has 3 rings (SSSR count). The Balaban J connectivity index is 1.45. The Hall–Kier alpha value is -3.33. The maximum Gasteiger partial charge on any atom is 0.321 e. The molecule has 0 unspecified atom stereocenters. The van der Waals surface area contributed by atoms with Crippen LogP contribution in [0.4, 0.5) is 10.1 Å². The van der Waals surface area contributed by atoms with Gasteiger partial charge in [-0.3, -0.25) is 9.59 Å². The minimum absolute atomic E-state index is 0.0643. The average Bonchev–Trinajstić information content (AvgIpc) is 2.72. The summed E-state index contributed by atoms with van der Waals surface area (Å²) in [5.41, 5.74) is 0.749. The molecule has 0 fully saturated rings. The summed E-state index contributed by atoms with van der Waals surface area (Å²) in [5.74, 6) is -0.720. The molecule has 0 aliphatic carbocycles. The van der Waals surface area contributed by atoms with Crippen LogP contribution in [0.5, 0.6) is 11.8 Å². The van der Waals surface area contributed by atoms with Gasteiger partial charge in [-0.25, -0.2) is 14.4 Å². The van der Waals surface area contributed by atoms with Crippen LogP contribution in [0.1, 0.15) is 16.8 Å². The van der Waals surface area contributed by atoms with E-state index in [1.54, 1.807) is 42.7 Å². The second-order valence-corrected chi connectivity index (χ2v) is 6.69. The average molecular weight is 459 g/mol. The second kappa shape index (κ2) is 9.74. The molecule has 2 N–H and O–H groups in total. The zero-order valence-electron chi connectivity index (χ0n) is 15.1. The number of carbonyl (C=O) groups excluding carboxylic acids is 2. The Morgan fingerprint density at radius 3 is 2.52 bits per heavy atom. The van der Waals surface area contributed by atoms with Crippen molar-refractivity contribution < 1.29 is 18.7 Å². The van der Waals surface area contributed by atoms with Crippen LogP contribution in [0.25, 0.3) is 0 Å². The number of carbonyl (C=O) groups is 2. The summed E-state index contributed by atoms with van der Waals surface area (Å²) in [7, 11) is 0. The number of hydrogen-bond acceptors (Lipinski definition) is 5. The van der Waals surface area contributed by atoms with Crippen LogP contribution in [0.15, 0.2) is 65.4 Å². The summed E-state index contributed by atoms with van der Waals surface area (Å²) in [4.78, 5) is 32.1. The van der Waals surface area contributed by atoms with Crippen LogP contribution in [-0.2, 0) is 4.79 Å². The van der Waals surface area contributed by atoms with Crippen LogP contribution < -0.4 is 15.4 Å². The lowest BCUT2D eigenvalue weighted by molar-refractivity contribution is -0.116. The Bertz CT molecular complexity index is 1000. The number of hydrogen-bond donors (Lipinski definition) is 2. The number of amides is 2. The van der Waals surface area contributed by atoms with Gasteiger partial charge in [0.1, 0.15) is 11.6 Å². The fourth-order valence-corrected chi connectivity index (χ4v) is 2.76. The minimum Gasteiger partial charge on any atom is -0.424 e. The molecule has 0 saturated carbocycles. The fraction of sp³-hybridized carbons (Fsp3) is 0.100. The molecule has 3 aromatic rings. The van der Waals surface area contributed by atoms with Crippen molar-refractivity contribution in [3.05, 3.63) is 76.8 Å². The quantitative estimate of drug-likeness (QED) is 0.559. The number of ether oxygens (including phenoxy) is 1. The lowest BCUT2D eigenvalue weighted by atomic mass is 10.2. The minimum atomic E-state index is -0.512. The molecule has 0 radical (unpaired) electrons. The van der Waals surface area contributed by atoms with Crippen molar-refractivity contribution in [2.75, 3.05) is 11.9 Å². The summed E-state index contributed by atoms with van der Waals surface area (Å²) in [5, 5.41) is 5.31. The highest BCUT2D eigenvalue weighted by atomic mass is 79.9. The van der Waals surface area contributed by atoms with Crippen molar-refractivity contribution >= 4 is 33.4 Å². The van der Waals surface area contributed by atoms with E-state index in [9.17, 15) is 14.0 Å². The lowest BCUT2D eigenvalue weighted by Gasteiger charge is -2.09. The number of nitrogens with one attached hydrogen (secondary N) is 2. The van der Waals surface area contributed by atoms with Gasteiger partial charge in [-0.15, -0.1) is 0 Å². The van der Waals surface area contributed by atoms with Crippen LogP contribution in [0.3, 0.4) is 0 Å². The van der Waals surface area contributed by atoms with Crippen LogP contribution in [-0.4, -0.2) is 28.3 Å². The van der Waals surface area contributed by atoms with Crippen LogP contribution >= 0.6 is 15.9 Å². The van der Waals surface area contributed by atoms with E-state index in [4.69, 9.17) is 4.74 Å². The molecule has 0 bridgehead atoms.